The van der Waals surface area contributed by atoms with Crippen LogP contribution in [0.5, 0.6) is 23.0 Å². The Labute approximate surface area is 254 Å². The molecule has 210 valence electrons. The summed E-state index contributed by atoms with van der Waals surface area (Å²) >= 11 is 0. The van der Waals surface area contributed by atoms with Crippen LogP contribution in [0.2, 0.25) is 0 Å². The molecule has 5 aromatic carbocycles. The molecule has 2 heterocycles. The van der Waals surface area contributed by atoms with Gasteiger partial charge in [0.05, 0.1) is 10.6 Å². The molecule has 2 atom stereocenters. The maximum atomic E-state index is 6.73. The van der Waals surface area contributed by atoms with Gasteiger partial charge in [-0.1, -0.05) is 103 Å². The van der Waals surface area contributed by atoms with Crippen LogP contribution in [0.3, 0.4) is 0 Å². The summed E-state index contributed by atoms with van der Waals surface area (Å²) in [5.74, 6) is 3.39. The molecule has 0 spiro atoms. The molecule has 43 heavy (non-hydrogen) atoms. The minimum atomic E-state index is -1.36. The van der Waals surface area contributed by atoms with Crippen molar-refractivity contribution in [2.75, 3.05) is 0 Å². The fraction of sp³-hybridized carbons (Fsp3) is 0.0811. The Bertz CT molecular complexity index is 1900. The lowest BCUT2D eigenvalue weighted by Crippen LogP contribution is -2.17. The Morgan fingerprint density at radius 1 is 0.558 bits per heavy atom. The Morgan fingerprint density at radius 2 is 1.12 bits per heavy atom. The van der Waals surface area contributed by atoms with Crippen molar-refractivity contribution >= 4 is 27.6 Å². The maximum Gasteiger partial charge on any atom is 0.326 e. The van der Waals surface area contributed by atoms with Gasteiger partial charge in [-0.15, -0.1) is 0 Å². The average molecular weight is 599 g/mol. The molecule has 0 amide bonds. The average Bonchev–Trinajstić information content (AvgIpc) is 3.07. The molecule has 6 heteroatoms. The molecule has 8 rings (SSSR count). The van der Waals surface area contributed by atoms with Crippen molar-refractivity contribution in [2.45, 2.75) is 19.3 Å². The number of para-hydroxylation sites is 4. The molecule has 0 fully saturated rings. The van der Waals surface area contributed by atoms with Crippen LogP contribution in [-0.2, 0) is 6.42 Å². The lowest BCUT2D eigenvalue weighted by Gasteiger charge is -2.30. The third-order valence-corrected chi connectivity index (χ3v) is 10.9. The van der Waals surface area contributed by atoms with Crippen molar-refractivity contribution in [3.63, 3.8) is 0 Å². The minimum Gasteiger partial charge on any atom is -0.435 e. The zero-order chi connectivity index (χ0) is 28.6. The molecular weight excluding hydrogens is 570 g/mol. The van der Waals surface area contributed by atoms with Crippen LogP contribution in [0, 0.1) is 0 Å². The van der Waals surface area contributed by atoms with Crippen LogP contribution in [0.4, 0.5) is 0 Å². The normalized spacial score (nSPS) is 17.9. The highest BCUT2D eigenvalue weighted by Crippen LogP contribution is 2.58. The van der Waals surface area contributed by atoms with E-state index < -0.39 is 16.8 Å². The fourth-order valence-electron chi connectivity index (χ4n) is 5.79. The summed E-state index contributed by atoms with van der Waals surface area (Å²) < 4.78 is 26.4. The van der Waals surface area contributed by atoms with Crippen molar-refractivity contribution in [1.29, 1.82) is 0 Å². The van der Waals surface area contributed by atoms with Gasteiger partial charge < -0.3 is 18.1 Å². The molecule has 3 aliphatic rings. The molecule has 0 N–H and O–H groups in total. The predicted molar refractivity (Wildman–Crippen MR) is 175 cm³/mol. The molecule has 5 aromatic rings. The van der Waals surface area contributed by atoms with Gasteiger partial charge in [-0.3, -0.25) is 0 Å². The smallest absolute Gasteiger partial charge is 0.326 e. The second-order valence-corrected chi connectivity index (χ2v) is 13.3. The third kappa shape index (κ3) is 5.01. The molecule has 1 aliphatic carbocycles. The number of hydrogen-bond donors (Lipinski definition) is 0. The van der Waals surface area contributed by atoms with Gasteiger partial charge in [-0.25, -0.2) is 0 Å². The van der Waals surface area contributed by atoms with Crippen LogP contribution >= 0.6 is 16.8 Å². The predicted octanol–water partition coefficient (Wildman–Crippen LogP) is 10.2. The second kappa shape index (κ2) is 11.4. The number of fused-ring (bicyclic) bond motifs is 5. The number of rotatable bonds is 6. The van der Waals surface area contributed by atoms with Crippen molar-refractivity contribution in [2.24, 2.45) is 0 Å². The highest BCUT2D eigenvalue weighted by molar-refractivity contribution is 7.57. The van der Waals surface area contributed by atoms with E-state index in [1.54, 1.807) is 0 Å². The summed E-state index contributed by atoms with van der Waals surface area (Å²) in [5.41, 5.74) is 6.92. The molecule has 0 saturated heterocycles. The van der Waals surface area contributed by atoms with Gasteiger partial charge in [0.15, 0.2) is 0 Å². The molecule has 0 radical (unpaired) electrons. The first-order valence-corrected chi connectivity index (χ1v) is 16.8. The van der Waals surface area contributed by atoms with Crippen molar-refractivity contribution < 1.29 is 18.1 Å². The Balaban J connectivity index is 1.08. The van der Waals surface area contributed by atoms with Gasteiger partial charge in [-0.2, -0.15) is 0 Å². The largest absolute Gasteiger partial charge is 0.435 e. The van der Waals surface area contributed by atoms with Gasteiger partial charge in [-0.05, 0) is 65.4 Å². The topological polar surface area (TPSA) is 36.9 Å². The zero-order valence-corrected chi connectivity index (χ0v) is 25.1. The highest BCUT2D eigenvalue weighted by atomic mass is 31.2. The summed E-state index contributed by atoms with van der Waals surface area (Å²) in [6.07, 6.45) is 7.09. The summed E-state index contributed by atoms with van der Waals surface area (Å²) in [4.78, 5) is 0. The van der Waals surface area contributed by atoms with E-state index in [1.165, 1.54) is 11.1 Å². The molecule has 0 saturated carbocycles. The van der Waals surface area contributed by atoms with Gasteiger partial charge in [0.25, 0.3) is 0 Å². The Hall–Kier alpha value is -4.36. The van der Waals surface area contributed by atoms with Crippen molar-refractivity contribution in [1.82, 2.24) is 0 Å². The lowest BCUT2D eigenvalue weighted by atomic mass is 9.96. The first-order valence-electron chi connectivity index (χ1n) is 14.5. The molecule has 0 bridgehead atoms. The van der Waals surface area contributed by atoms with E-state index in [9.17, 15) is 0 Å². The third-order valence-electron chi connectivity index (χ3n) is 7.88. The van der Waals surface area contributed by atoms with Crippen LogP contribution in [0.25, 0.3) is 16.7 Å². The first-order chi connectivity index (χ1) is 21.3. The summed E-state index contributed by atoms with van der Waals surface area (Å²) in [7, 11) is -2.67. The number of hydrogen-bond acceptors (Lipinski definition) is 4. The number of allylic oxidation sites excluding steroid dienone is 4. The van der Waals surface area contributed by atoms with E-state index >= 15 is 0 Å². The van der Waals surface area contributed by atoms with Crippen molar-refractivity contribution in [3.05, 3.63) is 155 Å². The van der Waals surface area contributed by atoms with Gasteiger partial charge in [0.2, 0.25) is 0 Å². The molecule has 0 aromatic heterocycles. The van der Waals surface area contributed by atoms with Gasteiger partial charge in [0.1, 0.15) is 23.0 Å². The number of benzene rings is 5. The zero-order valence-electron chi connectivity index (χ0n) is 23.4. The van der Waals surface area contributed by atoms with Crippen LogP contribution < -0.4 is 23.4 Å². The monoisotopic (exact) mass is 598 g/mol. The highest BCUT2D eigenvalue weighted by Gasteiger charge is 2.32. The fourth-order valence-corrected chi connectivity index (χ4v) is 8.93. The van der Waals surface area contributed by atoms with Crippen LogP contribution in [-0.4, -0.2) is 0 Å². The van der Waals surface area contributed by atoms with E-state index in [0.29, 0.717) is 6.42 Å². The summed E-state index contributed by atoms with van der Waals surface area (Å²) in [6.45, 7) is 0. The molecule has 2 aliphatic heterocycles. The van der Waals surface area contributed by atoms with Gasteiger partial charge >= 0.3 is 16.8 Å². The standard InChI is InChI=1S/C37H28O4P2/c1-7-19-32(38-42-36-23-11-5-17-30(36)28-15-3-9-21-34(28)40-42)26(13-1)25-27-14-2-8-20-33(27)39-43-37-24-12-6-18-31(37)29-16-4-10-22-35(29)41-43/h1-5,7-17,19-24H,6,18,25H2. The molecule has 4 nitrogen and oxygen atoms in total. The van der Waals surface area contributed by atoms with E-state index in [0.717, 1.165) is 68.7 Å². The lowest BCUT2D eigenvalue weighted by molar-refractivity contribution is 0.490. The van der Waals surface area contributed by atoms with Crippen molar-refractivity contribution in [3.8, 4) is 34.1 Å². The first kappa shape index (κ1) is 26.3. The Morgan fingerprint density at radius 3 is 1.88 bits per heavy atom. The Kier molecular flexibility index (Phi) is 6.95. The molecule has 2 unspecified atom stereocenters. The van der Waals surface area contributed by atoms with E-state index in [1.807, 2.05) is 60.7 Å². The van der Waals surface area contributed by atoms with Crippen LogP contribution in [0.1, 0.15) is 29.5 Å². The van der Waals surface area contributed by atoms with Gasteiger partial charge in [0, 0.05) is 17.5 Å². The maximum absolute atomic E-state index is 6.73. The van der Waals surface area contributed by atoms with E-state index in [4.69, 9.17) is 18.1 Å². The van der Waals surface area contributed by atoms with E-state index in [2.05, 4.69) is 72.8 Å². The quantitative estimate of drug-likeness (QED) is 0.182. The van der Waals surface area contributed by atoms with E-state index in [-0.39, 0.29) is 0 Å². The SMILES string of the molecule is C1=CC2=C(CC1)c1ccccc1OP2Oc1ccccc1Cc1ccccc1OP1Oc2ccccc2-c2ccccc21. The minimum absolute atomic E-state index is 0.648. The summed E-state index contributed by atoms with van der Waals surface area (Å²) in [5, 5.41) is 2.24. The summed E-state index contributed by atoms with van der Waals surface area (Å²) in [6, 6.07) is 41.3. The molecular formula is C37H28O4P2. The van der Waals surface area contributed by atoms with Crippen LogP contribution in [0.15, 0.2) is 139 Å². The second-order valence-electron chi connectivity index (χ2n) is 10.6.